The summed E-state index contributed by atoms with van der Waals surface area (Å²) < 4.78 is 7.35. The van der Waals surface area contributed by atoms with Crippen LogP contribution in [0.2, 0.25) is 0 Å². The normalized spacial score (nSPS) is 22.8. The highest BCUT2D eigenvalue weighted by Crippen LogP contribution is 2.31. The zero-order valence-electron chi connectivity index (χ0n) is 11.1. The lowest BCUT2D eigenvalue weighted by Crippen LogP contribution is -2.32. The van der Waals surface area contributed by atoms with E-state index in [0.29, 0.717) is 12.3 Å². The molecule has 0 bridgehead atoms. The lowest BCUT2D eigenvalue weighted by atomic mass is 10.0. The largest absolute Gasteiger partial charge is 0.399 e. The molecule has 100 valence electrons. The second kappa shape index (κ2) is 4.31. The third-order valence-corrected chi connectivity index (χ3v) is 3.68. The van der Waals surface area contributed by atoms with Crippen LogP contribution in [-0.4, -0.2) is 33.4 Å². The minimum Gasteiger partial charge on any atom is -0.399 e. The van der Waals surface area contributed by atoms with Crippen molar-refractivity contribution in [1.29, 1.82) is 0 Å². The quantitative estimate of drug-likeness (QED) is 0.824. The van der Waals surface area contributed by atoms with Crippen molar-refractivity contribution in [3.63, 3.8) is 0 Å². The zero-order valence-corrected chi connectivity index (χ0v) is 11.1. The summed E-state index contributed by atoms with van der Waals surface area (Å²) in [5, 5.41) is 12.1. The highest BCUT2D eigenvalue weighted by atomic mass is 16.5. The van der Waals surface area contributed by atoms with Gasteiger partial charge in [0, 0.05) is 17.9 Å². The molecule has 1 aromatic heterocycles. The van der Waals surface area contributed by atoms with Gasteiger partial charge in [0.2, 0.25) is 0 Å². The van der Waals surface area contributed by atoms with Crippen LogP contribution >= 0.6 is 0 Å². The number of ether oxygens (including phenoxy) is 1. The van der Waals surface area contributed by atoms with Gasteiger partial charge in [-0.05, 0) is 48.4 Å². The first-order valence-electron chi connectivity index (χ1n) is 6.33. The van der Waals surface area contributed by atoms with Crippen molar-refractivity contribution < 1.29 is 4.74 Å². The molecule has 0 amide bonds. The number of nitrogens with two attached hydrogens (primary N) is 1. The van der Waals surface area contributed by atoms with Crippen LogP contribution in [0.1, 0.15) is 18.9 Å². The van der Waals surface area contributed by atoms with Gasteiger partial charge in [0.1, 0.15) is 0 Å². The fourth-order valence-corrected chi connectivity index (χ4v) is 2.42. The highest BCUT2D eigenvalue weighted by molar-refractivity contribution is 5.65. The number of aryl methyl sites for hydroxylation is 1. The zero-order chi connectivity index (χ0) is 13.5. The van der Waals surface area contributed by atoms with Crippen LogP contribution in [-0.2, 0) is 10.3 Å². The van der Waals surface area contributed by atoms with Gasteiger partial charge >= 0.3 is 0 Å². The van der Waals surface area contributed by atoms with Crippen molar-refractivity contribution in [2.24, 2.45) is 0 Å². The Kier molecular flexibility index (Phi) is 2.74. The van der Waals surface area contributed by atoms with Crippen LogP contribution < -0.4 is 5.73 Å². The summed E-state index contributed by atoms with van der Waals surface area (Å²) in [5.74, 6) is 0.748. The first-order chi connectivity index (χ1) is 9.10. The van der Waals surface area contributed by atoms with Gasteiger partial charge < -0.3 is 10.5 Å². The summed E-state index contributed by atoms with van der Waals surface area (Å²) in [5.41, 5.74) is 8.47. The van der Waals surface area contributed by atoms with Crippen molar-refractivity contribution in [2.45, 2.75) is 25.8 Å². The molecule has 1 fully saturated rings. The average molecular weight is 259 g/mol. The Morgan fingerprint density at radius 3 is 3.00 bits per heavy atom. The Morgan fingerprint density at radius 1 is 1.42 bits per heavy atom. The second-order valence-corrected chi connectivity index (χ2v) is 5.29. The summed E-state index contributed by atoms with van der Waals surface area (Å²) in [4.78, 5) is 0. The summed E-state index contributed by atoms with van der Waals surface area (Å²) >= 11 is 0. The van der Waals surface area contributed by atoms with Crippen LogP contribution in [0.3, 0.4) is 0 Å². The fraction of sp³-hybridized carbons (Fsp3) is 0.462. The summed E-state index contributed by atoms with van der Waals surface area (Å²) in [6, 6.07) is 5.78. The van der Waals surface area contributed by atoms with E-state index in [2.05, 4.69) is 22.4 Å². The molecule has 6 nitrogen and oxygen atoms in total. The molecule has 1 aliphatic rings. The monoisotopic (exact) mass is 259 g/mol. The summed E-state index contributed by atoms with van der Waals surface area (Å²) in [6.45, 7) is 5.51. The number of nitrogens with zero attached hydrogens (tertiary/aromatic N) is 4. The lowest BCUT2D eigenvalue weighted by molar-refractivity contribution is 0.155. The smallest absolute Gasteiger partial charge is 0.182 e. The molecular weight excluding hydrogens is 242 g/mol. The Bertz CT molecular complexity index is 601. The number of rotatable bonds is 2. The maximum Gasteiger partial charge on any atom is 0.182 e. The molecule has 0 radical (unpaired) electrons. The van der Waals surface area contributed by atoms with E-state index in [1.165, 1.54) is 0 Å². The van der Waals surface area contributed by atoms with Gasteiger partial charge in [-0.25, -0.2) is 4.68 Å². The van der Waals surface area contributed by atoms with E-state index >= 15 is 0 Å². The minimum atomic E-state index is -0.185. The first kappa shape index (κ1) is 12.1. The SMILES string of the molecule is Cc1ccc(N)cc1-c1nnnn1C1(C)CCOC1. The van der Waals surface area contributed by atoms with Gasteiger partial charge in [0.25, 0.3) is 0 Å². The van der Waals surface area contributed by atoms with Crippen molar-refractivity contribution in [3.8, 4) is 11.4 Å². The number of benzene rings is 1. The number of nitrogen functional groups attached to an aromatic ring is 1. The van der Waals surface area contributed by atoms with E-state index in [0.717, 1.165) is 30.0 Å². The van der Waals surface area contributed by atoms with Crippen molar-refractivity contribution in [2.75, 3.05) is 18.9 Å². The van der Waals surface area contributed by atoms with E-state index in [1.807, 2.05) is 29.8 Å². The third kappa shape index (κ3) is 1.98. The molecule has 3 rings (SSSR count). The fourth-order valence-electron chi connectivity index (χ4n) is 2.42. The van der Waals surface area contributed by atoms with E-state index < -0.39 is 0 Å². The Morgan fingerprint density at radius 2 is 2.26 bits per heavy atom. The molecule has 0 spiro atoms. The number of anilines is 1. The molecule has 1 aliphatic heterocycles. The highest BCUT2D eigenvalue weighted by Gasteiger charge is 2.35. The van der Waals surface area contributed by atoms with Gasteiger partial charge in [-0.3, -0.25) is 0 Å². The molecule has 1 aromatic carbocycles. The maximum absolute atomic E-state index is 5.87. The van der Waals surface area contributed by atoms with Gasteiger partial charge in [-0.1, -0.05) is 6.07 Å². The van der Waals surface area contributed by atoms with Crippen molar-refractivity contribution in [3.05, 3.63) is 23.8 Å². The standard InChI is InChI=1S/C13H17N5O/c1-9-3-4-10(14)7-11(9)12-15-16-17-18(12)13(2)5-6-19-8-13/h3-4,7H,5-6,8,14H2,1-2H3. The molecule has 1 saturated heterocycles. The number of hydrogen-bond acceptors (Lipinski definition) is 5. The molecule has 1 unspecified atom stereocenters. The van der Waals surface area contributed by atoms with Crippen LogP contribution in [0, 0.1) is 6.92 Å². The summed E-state index contributed by atoms with van der Waals surface area (Å²) in [7, 11) is 0. The number of hydrogen-bond donors (Lipinski definition) is 1. The van der Waals surface area contributed by atoms with Crippen LogP contribution in [0.25, 0.3) is 11.4 Å². The van der Waals surface area contributed by atoms with Crippen molar-refractivity contribution >= 4 is 5.69 Å². The van der Waals surface area contributed by atoms with Gasteiger partial charge in [-0.15, -0.1) is 5.10 Å². The van der Waals surface area contributed by atoms with E-state index in [1.54, 1.807) is 0 Å². The third-order valence-electron chi connectivity index (χ3n) is 3.68. The van der Waals surface area contributed by atoms with E-state index in [9.17, 15) is 0 Å². The predicted octanol–water partition coefficient (Wildman–Crippen LogP) is 1.37. The topological polar surface area (TPSA) is 78.9 Å². The number of tetrazole rings is 1. The molecule has 0 aliphatic carbocycles. The molecule has 6 heteroatoms. The van der Waals surface area contributed by atoms with Gasteiger partial charge in [0.05, 0.1) is 12.1 Å². The Labute approximate surface area is 111 Å². The van der Waals surface area contributed by atoms with Crippen molar-refractivity contribution in [1.82, 2.24) is 20.2 Å². The molecule has 0 saturated carbocycles. The molecule has 2 aromatic rings. The average Bonchev–Trinajstić information content (AvgIpc) is 3.01. The molecular formula is C13H17N5O. The summed E-state index contributed by atoms with van der Waals surface area (Å²) in [6.07, 6.45) is 0.909. The molecule has 2 heterocycles. The van der Waals surface area contributed by atoms with E-state index in [-0.39, 0.29) is 5.54 Å². The van der Waals surface area contributed by atoms with Crippen LogP contribution in [0.4, 0.5) is 5.69 Å². The van der Waals surface area contributed by atoms with E-state index in [4.69, 9.17) is 10.5 Å². The first-order valence-corrected chi connectivity index (χ1v) is 6.33. The molecule has 19 heavy (non-hydrogen) atoms. The minimum absolute atomic E-state index is 0.185. The molecule has 2 N–H and O–H groups in total. The Balaban J connectivity index is 2.12. The van der Waals surface area contributed by atoms with Crippen LogP contribution in [0.15, 0.2) is 18.2 Å². The second-order valence-electron chi connectivity index (χ2n) is 5.29. The van der Waals surface area contributed by atoms with Gasteiger partial charge in [0.15, 0.2) is 5.82 Å². The molecule has 1 atom stereocenters. The lowest BCUT2D eigenvalue weighted by Gasteiger charge is -2.23. The van der Waals surface area contributed by atoms with Crippen LogP contribution in [0.5, 0.6) is 0 Å². The van der Waals surface area contributed by atoms with Gasteiger partial charge in [-0.2, -0.15) is 0 Å². The Hall–Kier alpha value is -1.95. The maximum atomic E-state index is 5.87. The predicted molar refractivity (Wildman–Crippen MR) is 71.5 cm³/mol. The number of aromatic nitrogens is 4.